The number of carbonyl (C=O) groups is 1. The molecule has 0 N–H and O–H groups in total. The molecule has 1 radical (unpaired) electrons. The number of rotatable bonds is 4. The third-order valence-electron chi connectivity index (χ3n) is 4.36. The van der Waals surface area contributed by atoms with Crippen LogP contribution in [0.15, 0.2) is 48.5 Å². The van der Waals surface area contributed by atoms with E-state index in [2.05, 4.69) is 6.92 Å². The fourth-order valence-corrected chi connectivity index (χ4v) is 2.88. The van der Waals surface area contributed by atoms with E-state index in [0.717, 1.165) is 18.4 Å². The molecule has 1 fully saturated rings. The van der Waals surface area contributed by atoms with Crippen LogP contribution < -0.4 is 0 Å². The number of halogens is 1. The summed E-state index contributed by atoms with van der Waals surface area (Å²) in [7, 11) is 0. The first-order valence-corrected chi connectivity index (χ1v) is 8.20. The van der Waals surface area contributed by atoms with Crippen molar-refractivity contribution >= 4 is 5.91 Å². The Balaban J connectivity index is 1.49. The summed E-state index contributed by atoms with van der Waals surface area (Å²) < 4.78 is 19.4. The molecule has 1 amide bonds. The van der Waals surface area contributed by atoms with E-state index in [4.69, 9.17) is 4.74 Å². The number of likely N-dealkylation sites (tertiary alicyclic amines) is 1. The second kappa shape index (κ2) is 7.58. The van der Waals surface area contributed by atoms with Gasteiger partial charge in [-0.25, -0.2) is 4.39 Å². The van der Waals surface area contributed by atoms with Gasteiger partial charge in [-0.2, -0.15) is 0 Å². The highest BCUT2D eigenvalue weighted by Gasteiger charge is 2.24. The number of piperidine rings is 1. The van der Waals surface area contributed by atoms with Gasteiger partial charge in [0.1, 0.15) is 5.82 Å². The summed E-state index contributed by atoms with van der Waals surface area (Å²) in [6.07, 6.45) is 1.61. The van der Waals surface area contributed by atoms with E-state index in [9.17, 15) is 9.18 Å². The molecule has 0 unspecified atom stereocenters. The van der Waals surface area contributed by atoms with Gasteiger partial charge in [0.25, 0.3) is 5.91 Å². The lowest BCUT2D eigenvalue weighted by Gasteiger charge is -2.32. The lowest BCUT2D eigenvalue weighted by atomic mass is 10.1. The van der Waals surface area contributed by atoms with Crippen molar-refractivity contribution in [2.45, 2.75) is 25.6 Å². The smallest absolute Gasteiger partial charge is 0.253 e. The van der Waals surface area contributed by atoms with Gasteiger partial charge in [0.05, 0.1) is 12.7 Å². The zero-order chi connectivity index (χ0) is 16.9. The lowest BCUT2D eigenvalue weighted by Crippen LogP contribution is -2.40. The molecule has 125 valence electrons. The number of hydrogen-bond acceptors (Lipinski definition) is 2. The number of nitrogens with zero attached hydrogens (tertiary/aromatic N) is 1. The third kappa shape index (κ3) is 4.01. The summed E-state index contributed by atoms with van der Waals surface area (Å²) in [5, 5.41) is 0. The van der Waals surface area contributed by atoms with Gasteiger partial charge in [-0.05, 0) is 43.5 Å². The molecule has 0 aromatic heterocycles. The summed E-state index contributed by atoms with van der Waals surface area (Å²) >= 11 is 0. The first kappa shape index (κ1) is 16.7. The zero-order valence-corrected chi connectivity index (χ0v) is 13.6. The first-order chi connectivity index (χ1) is 11.6. The van der Waals surface area contributed by atoms with Gasteiger partial charge in [-0.15, -0.1) is 0 Å². The number of ether oxygens (including phenoxy) is 1. The molecule has 1 heterocycles. The van der Waals surface area contributed by atoms with Crippen LogP contribution in [0.5, 0.6) is 0 Å². The van der Waals surface area contributed by atoms with Crippen molar-refractivity contribution in [2.75, 3.05) is 13.1 Å². The summed E-state index contributed by atoms with van der Waals surface area (Å²) in [6, 6.07) is 14.0. The third-order valence-corrected chi connectivity index (χ3v) is 4.36. The maximum absolute atomic E-state index is 13.6. The highest BCUT2D eigenvalue weighted by Crippen LogP contribution is 2.19. The Bertz CT molecular complexity index is 691. The molecule has 0 atom stereocenters. The van der Waals surface area contributed by atoms with Gasteiger partial charge in [0.15, 0.2) is 0 Å². The predicted molar refractivity (Wildman–Crippen MR) is 91.0 cm³/mol. The minimum atomic E-state index is -0.237. The van der Waals surface area contributed by atoms with Gasteiger partial charge in [-0.3, -0.25) is 4.79 Å². The van der Waals surface area contributed by atoms with Gasteiger partial charge in [0, 0.05) is 24.2 Å². The maximum atomic E-state index is 13.6. The quantitative estimate of drug-likeness (QED) is 0.854. The minimum absolute atomic E-state index is 0.0440. The molecule has 0 saturated carbocycles. The Morgan fingerprint density at radius 3 is 2.46 bits per heavy atom. The number of benzene rings is 2. The topological polar surface area (TPSA) is 29.5 Å². The molecule has 2 aromatic rings. The summed E-state index contributed by atoms with van der Waals surface area (Å²) in [6.45, 7) is 5.42. The monoisotopic (exact) mass is 326 g/mol. The van der Waals surface area contributed by atoms with Gasteiger partial charge in [0.2, 0.25) is 0 Å². The molecule has 1 aliphatic rings. The second-order valence-electron chi connectivity index (χ2n) is 6.09. The molecular formula is C20H21FNO2. The largest absolute Gasteiger partial charge is 0.373 e. The van der Waals surface area contributed by atoms with Crippen LogP contribution >= 0.6 is 0 Å². The standard InChI is InChI=1S/C20H21FNO2/c1-15-6-8-16(9-7-15)20(23)22-12-10-18(11-13-22)24-14-17-4-2-3-5-19(17)21/h2-9,18H,1,10-14H2. The highest BCUT2D eigenvalue weighted by atomic mass is 19.1. The van der Waals surface area contributed by atoms with Crippen molar-refractivity contribution in [3.63, 3.8) is 0 Å². The van der Waals surface area contributed by atoms with Crippen LogP contribution in [0.2, 0.25) is 0 Å². The molecule has 24 heavy (non-hydrogen) atoms. The number of carbonyl (C=O) groups excluding carboxylic acids is 1. The van der Waals surface area contributed by atoms with Gasteiger partial charge in [-0.1, -0.05) is 30.3 Å². The summed E-state index contributed by atoms with van der Waals surface area (Å²) in [5.74, 6) is -0.193. The van der Waals surface area contributed by atoms with Crippen LogP contribution in [-0.2, 0) is 11.3 Å². The van der Waals surface area contributed by atoms with Crippen LogP contribution in [0, 0.1) is 12.7 Å². The van der Waals surface area contributed by atoms with E-state index in [0.29, 0.717) is 24.2 Å². The fourth-order valence-electron chi connectivity index (χ4n) is 2.88. The average molecular weight is 326 g/mol. The molecule has 1 saturated heterocycles. The fraction of sp³-hybridized carbons (Fsp3) is 0.300. The van der Waals surface area contributed by atoms with E-state index in [-0.39, 0.29) is 24.4 Å². The molecule has 2 aromatic carbocycles. The molecule has 1 aliphatic heterocycles. The average Bonchev–Trinajstić information content (AvgIpc) is 2.62. The maximum Gasteiger partial charge on any atom is 0.253 e. The van der Waals surface area contributed by atoms with E-state index in [1.54, 1.807) is 18.2 Å². The van der Waals surface area contributed by atoms with Crippen LogP contribution in [0.1, 0.15) is 34.3 Å². The van der Waals surface area contributed by atoms with Gasteiger partial charge < -0.3 is 9.64 Å². The van der Waals surface area contributed by atoms with Crippen molar-refractivity contribution < 1.29 is 13.9 Å². The molecule has 0 aliphatic carbocycles. The molecule has 3 nitrogen and oxygen atoms in total. The SMILES string of the molecule is [CH2]c1ccc(C(=O)N2CCC(OCc3ccccc3F)CC2)cc1. The van der Waals surface area contributed by atoms with Crippen LogP contribution in [0.3, 0.4) is 0 Å². The van der Waals surface area contributed by atoms with Crippen LogP contribution in [-0.4, -0.2) is 30.0 Å². The summed E-state index contributed by atoms with van der Waals surface area (Å²) in [4.78, 5) is 14.3. The molecule has 3 rings (SSSR count). The van der Waals surface area contributed by atoms with Crippen LogP contribution in [0.4, 0.5) is 4.39 Å². The minimum Gasteiger partial charge on any atom is -0.373 e. The van der Waals surface area contributed by atoms with Crippen molar-refractivity contribution in [1.82, 2.24) is 4.90 Å². The first-order valence-electron chi connectivity index (χ1n) is 8.20. The van der Waals surface area contributed by atoms with E-state index in [1.165, 1.54) is 6.07 Å². The van der Waals surface area contributed by atoms with E-state index < -0.39 is 0 Å². The summed E-state index contributed by atoms with van der Waals surface area (Å²) in [5.41, 5.74) is 2.16. The molecular weight excluding hydrogens is 305 g/mol. The number of hydrogen-bond donors (Lipinski definition) is 0. The Kier molecular flexibility index (Phi) is 5.26. The second-order valence-corrected chi connectivity index (χ2v) is 6.09. The zero-order valence-electron chi connectivity index (χ0n) is 13.6. The molecule has 0 spiro atoms. The predicted octanol–water partition coefficient (Wildman–Crippen LogP) is 3.83. The Morgan fingerprint density at radius 1 is 1.12 bits per heavy atom. The molecule has 0 bridgehead atoms. The lowest BCUT2D eigenvalue weighted by molar-refractivity contribution is -0.00131. The van der Waals surface area contributed by atoms with Crippen molar-refractivity contribution in [3.05, 3.63) is 78.0 Å². The Morgan fingerprint density at radius 2 is 1.79 bits per heavy atom. The van der Waals surface area contributed by atoms with Crippen molar-refractivity contribution in [1.29, 1.82) is 0 Å². The van der Waals surface area contributed by atoms with Crippen molar-refractivity contribution in [2.24, 2.45) is 0 Å². The Hall–Kier alpha value is -2.20. The van der Waals surface area contributed by atoms with Crippen LogP contribution in [0.25, 0.3) is 0 Å². The van der Waals surface area contributed by atoms with E-state index >= 15 is 0 Å². The normalized spacial score (nSPS) is 15.5. The number of amides is 1. The Labute approximate surface area is 142 Å². The molecule has 4 heteroatoms. The van der Waals surface area contributed by atoms with E-state index in [1.807, 2.05) is 29.2 Å². The van der Waals surface area contributed by atoms with Crippen molar-refractivity contribution in [3.8, 4) is 0 Å². The van der Waals surface area contributed by atoms with Gasteiger partial charge >= 0.3 is 0 Å². The highest BCUT2D eigenvalue weighted by molar-refractivity contribution is 5.94.